The van der Waals surface area contributed by atoms with E-state index in [1.54, 1.807) is 11.3 Å². The summed E-state index contributed by atoms with van der Waals surface area (Å²) in [6.45, 7) is 6.89. The Morgan fingerprint density at radius 3 is 2.84 bits per heavy atom. The van der Waals surface area contributed by atoms with Crippen molar-refractivity contribution in [3.63, 3.8) is 0 Å². The van der Waals surface area contributed by atoms with E-state index in [0.717, 1.165) is 31.1 Å². The number of nitrogens with zero attached hydrogens (tertiary/aromatic N) is 3. The summed E-state index contributed by atoms with van der Waals surface area (Å²) in [4.78, 5) is 12.2. The molecule has 0 spiro atoms. The third-order valence-electron chi connectivity index (χ3n) is 2.89. The van der Waals surface area contributed by atoms with Crippen molar-refractivity contribution in [3.05, 3.63) is 40.0 Å². The van der Waals surface area contributed by atoms with Crippen molar-refractivity contribution in [2.75, 3.05) is 18.9 Å². The van der Waals surface area contributed by atoms with Crippen LogP contribution >= 0.6 is 11.3 Å². The predicted octanol–water partition coefficient (Wildman–Crippen LogP) is 2.91. The van der Waals surface area contributed by atoms with Crippen LogP contribution in [0.2, 0.25) is 0 Å². The van der Waals surface area contributed by atoms with Crippen molar-refractivity contribution in [2.45, 2.75) is 26.9 Å². The van der Waals surface area contributed by atoms with E-state index in [1.165, 1.54) is 10.4 Å². The van der Waals surface area contributed by atoms with Gasteiger partial charge in [0.15, 0.2) is 0 Å². The first-order chi connectivity index (χ1) is 9.19. The molecule has 102 valence electrons. The van der Waals surface area contributed by atoms with E-state index in [4.69, 9.17) is 0 Å². The highest BCUT2D eigenvalue weighted by molar-refractivity contribution is 7.09. The molecule has 5 heteroatoms. The van der Waals surface area contributed by atoms with Crippen LogP contribution in [-0.2, 0) is 13.1 Å². The predicted molar refractivity (Wildman–Crippen MR) is 80.4 cm³/mol. The number of nitrogens with one attached hydrogen (secondary N) is 1. The highest BCUT2D eigenvalue weighted by atomic mass is 32.1. The van der Waals surface area contributed by atoms with Gasteiger partial charge in [-0.15, -0.1) is 11.3 Å². The van der Waals surface area contributed by atoms with E-state index in [-0.39, 0.29) is 0 Å². The second kappa shape index (κ2) is 6.63. The van der Waals surface area contributed by atoms with Gasteiger partial charge in [-0.25, -0.2) is 9.97 Å². The molecule has 19 heavy (non-hydrogen) atoms. The van der Waals surface area contributed by atoms with Gasteiger partial charge >= 0.3 is 0 Å². The Labute approximate surface area is 118 Å². The fraction of sp³-hybridized carbons (Fsp3) is 0.429. The molecule has 0 fully saturated rings. The van der Waals surface area contributed by atoms with Crippen LogP contribution in [0.4, 0.5) is 5.82 Å². The van der Waals surface area contributed by atoms with Crippen molar-refractivity contribution in [3.8, 4) is 0 Å². The molecule has 0 saturated carbocycles. The molecular weight excluding hydrogens is 256 g/mol. The average Bonchev–Trinajstić information content (AvgIpc) is 2.76. The summed E-state index contributed by atoms with van der Waals surface area (Å²) in [6.07, 6.45) is 1.86. The van der Waals surface area contributed by atoms with Gasteiger partial charge < -0.3 is 5.32 Å². The normalized spacial score (nSPS) is 10.9. The van der Waals surface area contributed by atoms with E-state index in [2.05, 4.69) is 53.2 Å². The molecule has 2 aromatic rings. The maximum absolute atomic E-state index is 4.29. The molecule has 0 amide bonds. The first kappa shape index (κ1) is 14.0. The lowest BCUT2D eigenvalue weighted by molar-refractivity contribution is 0.321. The molecule has 0 saturated heterocycles. The number of hydrogen-bond acceptors (Lipinski definition) is 5. The first-order valence-electron chi connectivity index (χ1n) is 6.45. The second-order valence-electron chi connectivity index (χ2n) is 4.61. The maximum atomic E-state index is 4.29. The van der Waals surface area contributed by atoms with Crippen molar-refractivity contribution in [1.82, 2.24) is 14.9 Å². The Morgan fingerprint density at radius 1 is 1.32 bits per heavy atom. The van der Waals surface area contributed by atoms with Crippen LogP contribution in [0.25, 0.3) is 0 Å². The zero-order valence-corrected chi connectivity index (χ0v) is 12.5. The number of pyridine rings is 1. The molecule has 4 nitrogen and oxygen atoms in total. The number of aryl methyl sites for hydroxylation is 1. The van der Waals surface area contributed by atoms with Crippen LogP contribution in [0.3, 0.4) is 0 Å². The first-order valence-corrected chi connectivity index (χ1v) is 7.33. The van der Waals surface area contributed by atoms with E-state index >= 15 is 0 Å². The van der Waals surface area contributed by atoms with Crippen LogP contribution in [0.5, 0.6) is 0 Å². The fourth-order valence-corrected chi connectivity index (χ4v) is 2.80. The molecule has 0 bridgehead atoms. The minimum atomic E-state index is 0.895. The Hall–Kier alpha value is -1.46. The standard InChI is InChI=1S/C14H20N4S/c1-4-15-14-7-12(5-6-16-14)8-18(3)9-13-11(2)17-10-19-13/h5-7,10H,4,8-9H2,1-3H3,(H,15,16). The van der Waals surface area contributed by atoms with Gasteiger partial charge in [-0.05, 0) is 38.6 Å². The number of aromatic nitrogens is 2. The largest absolute Gasteiger partial charge is 0.370 e. The molecule has 2 aromatic heterocycles. The van der Waals surface area contributed by atoms with Gasteiger partial charge in [0.1, 0.15) is 5.82 Å². The third-order valence-corrected chi connectivity index (χ3v) is 3.81. The fourth-order valence-electron chi connectivity index (χ4n) is 1.94. The van der Waals surface area contributed by atoms with Gasteiger partial charge in [-0.2, -0.15) is 0 Å². The number of rotatable bonds is 6. The summed E-state index contributed by atoms with van der Waals surface area (Å²) in [6, 6.07) is 4.18. The van der Waals surface area contributed by atoms with Crippen LogP contribution in [0, 0.1) is 6.92 Å². The molecule has 0 radical (unpaired) electrons. The number of anilines is 1. The average molecular weight is 276 g/mol. The summed E-state index contributed by atoms with van der Waals surface area (Å²) >= 11 is 1.72. The quantitative estimate of drug-likeness (QED) is 0.881. The van der Waals surface area contributed by atoms with Crippen LogP contribution < -0.4 is 5.32 Å². The van der Waals surface area contributed by atoms with Crippen molar-refractivity contribution in [2.24, 2.45) is 0 Å². The van der Waals surface area contributed by atoms with E-state index in [1.807, 2.05) is 11.7 Å². The highest BCUT2D eigenvalue weighted by Crippen LogP contribution is 2.16. The topological polar surface area (TPSA) is 41.0 Å². The monoisotopic (exact) mass is 276 g/mol. The molecule has 0 unspecified atom stereocenters. The second-order valence-corrected chi connectivity index (χ2v) is 5.55. The molecule has 0 atom stereocenters. The van der Waals surface area contributed by atoms with Crippen molar-refractivity contribution in [1.29, 1.82) is 0 Å². The molecule has 0 aromatic carbocycles. The summed E-state index contributed by atoms with van der Waals surface area (Å²) in [5.74, 6) is 0.947. The van der Waals surface area contributed by atoms with Gasteiger partial charge in [0.25, 0.3) is 0 Å². The molecule has 1 N–H and O–H groups in total. The summed E-state index contributed by atoms with van der Waals surface area (Å²) in [5.41, 5.74) is 4.32. The number of hydrogen-bond donors (Lipinski definition) is 1. The zero-order valence-electron chi connectivity index (χ0n) is 11.7. The molecule has 2 heterocycles. The molecular formula is C14H20N4S. The number of thiazole rings is 1. The Kier molecular flexibility index (Phi) is 4.87. The lowest BCUT2D eigenvalue weighted by Gasteiger charge is -2.16. The Bertz CT molecular complexity index is 524. The van der Waals surface area contributed by atoms with Crippen LogP contribution in [-0.4, -0.2) is 28.5 Å². The highest BCUT2D eigenvalue weighted by Gasteiger charge is 2.06. The summed E-state index contributed by atoms with van der Waals surface area (Å²) in [5, 5.41) is 3.24. The molecule has 0 aliphatic heterocycles. The van der Waals surface area contributed by atoms with Gasteiger partial charge in [0.05, 0.1) is 11.2 Å². The minimum absolute atomic E-state index is 0.895. The Morgan fingerprint density at radius 2 is 2.16 bits per heavy atom. The van der Waals surface area contributed by atoms with Crippen LogP contribution in [0.15, 0.2) is 23.8 Å². The van der Waals surface area contributed by atoms with Crippen molar-refractivity contribution >= 4 is 17.2 Å². The SMILES string of the molecule is CCNc1cc(CN(C)Cc2scnc2C)ccn1. The Balaban J connectivity index is 1.96. The molecule has 0 aliphatic carbocycles. The van der Waals surface area contributed by atoms with Gasteiger partial charge in [0.2, 0.25) is 0 Å². The van der Waals surface area contributed by atoms with Gasteiger partial charge in [-0.1, -0.05) is 0 Å². The van der Waals surface area contributed by atoms with Gasteiger partial charge in [0, 0.05) is 30.7 Å². The summed E-state index contributed by atoms with van der Waals surface area (Å²) in [7, 11) is 2.13. The minimum Gasteiger partial charge on any atom is -0.370 e. The van der Waals surface area contributed by atoms with Crippen molar-refractivity contribution < 1.29 is 0 Å². The van der Waals surface area contributed by atoms with Gasteiger partial charge in [-0.3, -0.25) is 4.90 Å². The molecule has 0 aliphatic rings. The van der Waals surface area contributed by atoms with E-state index < -0.39 is 0 Å². The lowest BCUT2D eigenvalue weighted by atomic mass is 10.2. The molecule has 2 rings (SSSR count). The lowest BCUT2D eigenvalue weighted by Crippen LogP contribution is -2.17. The van der Waals surface area contributed by atoms with E-state index in [0.29, 0.717) is 0 Å². The third kappa shape index (κ3) is 4.01. The van der Waals surface area contributed by atoms with E-state index in [9.17, 15) is 0 Å². The zero-order chi connectivity index (χ0) is 13.7. The smallest absolute Gasteiger partial charge is 0.126 e. The van der Waals surface area contributed by atoms with Crippen LogP contribution in [0.1, 0.15) is 23.1 Å². The maximum Gasteiger partial charge on any atom is 0.126 e. The summed E-state index contributed by atoms with van der Waals surface area (Å²) < 4.78 is 0.